The lowest BCUT2D eigenvalue weighted by molar-refractivity contribution is -0.133. The van der Waals surface area contributed by atoms with E-state index in [0.717, 1.165) is 5.56 Å². The van der Waals surface area contributed by atoms with Crippen LogP contribution in [0.3, 0.4) is 0 Å². The summed E-state index contributed by atoms with van der Waals surface area (Å²) in [5.41, 5.74) is 6.28. The molecular formula is C32H50ClN5O6S. The molecule has 3 atom stereocenters. The number of carbonyl (C=O) groups excluding carboxylic acids is 3. The van der Waals surface area contributed by atoms with Crippen molar-refractivity contribution < 1.29 is 27.9 Å². The zero-order valence-corrected chi connectivity index (χ0v) is 28.9. The van der Waals surface area contributed by atoms with Crippen LogP contribution in [0.25, 0.3) is 0 Å². The first kappa shape index (κ1) is 39.8. The van der Waals surface area contributed by atoms with Gasteiger partial charge in [0, 0.05) is 24.7 Å². The van der Waals surface area contributed by atoms with Crippen LogP contribution < -0.4 is 21.7 Å². The fourth-order valence-corrected chi connectivity index (χ4v) is 6.10. The van der Waals surface area contributed by atoms with Crippen molar-refractivity contribution in [2.45, 2.75) is 78.0 Å². The monoisotopic (exact) mass is 667 g/mol. The summed E-state index contributed by atoms with van der Waals surface area (Å²) in [6, 6.07) is 13.2. The maximum Gasteiger partial charge on any atom is 0.243 e. The van der Waals surface area contributed by atoms with E-state index >= 15 is 0 Å². The summed E-state index contributed by atoms with van der Waals surface area (Å²) in [5, 5.41) is 19.7. The number of nitrogens with one attached hydrogen (secondary N) is 3. The normalized spacial score (nSPS) is 13.9. The number of nitrogen functional groups attached to an aromatic ring is 1. The van der Waals surface area contributed by atoms with Crippen molar-refractivity contribution in [2.24, 2.45) is 17.3 Å². The van der Waals surface area contributed by atoms with Crippen molar-refractivity contribution in [2.75, 3.05) is 25.4 Å². The Bertz CT molecular complexity index is 1350. The number of hydrogen-bond donors (Lipinski definition) is 5. The molecule has 0 aliphatic rings. The Morgan fingerprint density at radius 1 is 0.889 bits per heavy atom. The van der Waals surface area contributed by atoms with Gasteiger partial charge >= 0.3 is 0 Å². The predicted molar refractivity (Wildman–Crippen MR) is 179 cm³/mol. The number of nitrogens with zero attached hydrogens (tertiary/aromatic N) is 1. The van der Waals surface area contributed by atoms with E-state index in [-0.39, 0.29) is 61.1 Å². The summed E-state index contributed by atoms with van der Waals surface area (Å²) in [6.07, 6.45) is -1.09. The van der Waals surface area contributed by atoms with Crippen LogP contribution in [0.2, 0.25) is 0 Å². The zero-order chi connectivity index (χ0) is 33.2. The molecule has 11 nitrogen and oxygen atoms in total. The molecule has 0 fully saturated rings. The molecule has 0 radical (unpaired) electrons. The highest BCUT2D eigenvalue weighted by Crippen LogP contribution is 2.22. The SMILES string of the molecule is CC(C)CN(C[C@@H](O)[C@H](Cc1ccccc1)NC(=O)[C@@H](NC(=O)CNC(=O)C(C)C)C(C)(C)C)S(=O)(=O)c1ccc(N)cc1.Cl. The van der Waals surface area contributed by atoms with Gasteiger partial charge in [-0.3, -0.25) is 14.4 Å². The topological polar surface area (TPSA) is 171 Å². The molecule has 252 valence electrons. The number of benzene rings is 2. The fourth-order valence-electron chi connectivity index (χ4n) is 4.48. The minimum atomic E-state index is -4.00. The molecular weight excluding hydrogens is 618 g/mol. The third-order valence-electron chi connectivity index (χ3n) is 6.95. The third-order valence-corrected chi connectivity index (χ3v) is 8.79. The number of anilines is 1. The predicted octanol–water partition coefficient (Wildman–Crippen LogP) is 2.73. The number of amides is 3. The van der Waals surface area contributed by atoms with Gasteiger partial charge < -0.3 is 26.8 Å². The Morgan fingerprint density at radius 2 is 1.47 bits per heavy atom. The van der Waals surface area contributed by atoms with Crippen LogP contribution in [-0.2, 0) is 30.8 Å². The fraction of sp³-hybridized carbons (Fsp3) is 0.531. The number of aliphatic hydroxyl groups is 1. The Labute approximate surface area is 274 Å². The van der Waals surface area contributed by atoms with Crippen molar-refractivity contribution in [1.82, 2.24) is 20.3 Å². The highest BCUT2D eigenvalue weighted by Gasteiger charge is 2.36. The van der Waals surface area contributed by atoms with E-state index in [2.05, 4.69) is 16.0 Å². The molecule has 2 rings (SSSR count). The summed E-state index contributed by atoms with van der Waals surface area (Å²) in [5.74, 6) is -1.72. The van der Waals surface area contributed by atoms with Gasteiger partial charge in [0.15, 0.2) is 0 Å². The number of halogens is 1. The second-order valence-electron chi connectivity index (χ2n) is 12.9. The lowest BCUT2D eigenvalue weighted by Crippen LogP contribution is -2.59. The van der Waals surface area contributed by atoms with E-state index in [1.165, 1.54) is 28.6 Å². The molecule has 0 aromatic heterocycles. The van der Waals surface area contributed by atoms with Crippen LogP contribution in [0.1, 0.15) is 54.0 Å². The van der Waals surface area contributed by atoms with E-state index in [4.69, 9.17) is 5.73 Å². The Balaban J connectivity index is 0.0000101. The van der Waals surface area contributed by atoms with Gasteiger partial charge in [0.1, 0.15) is 6.04 Å². The highest BCUT2D eigenvalue weighted by molar-refractivity contribution is 7.89. The van der Waals surface area contributed by atoms with E-state index in [1.807, 2.05) is 44.2 Å². The van der Waals surface area contributed by atoms with E-state index in [9.17, 15) is 27.9 Å². The summed E-state index contributed by atoms with van der Waals surface area (Å²) >= 11 is 0. The van der Waals surface area contributed by atoms with Crippen LogP contribution >= 0.6 is 12.4 Å². The average Bonchev–Trinajstić information content (AvgIpc) is 2.93. The van der Waals surface area contributed by atoms with Crippen LogP contribution in [0, 0.1) is 17.3 Å². The molecule has 0 aliphatic heterocycles. The number of carbonyl (C=O) groups is 3. The first-order valence-electron chi connectivity index (χ1n) is 14.9. The molecule has 0 spiro atoms. The van der Waals surface area contributed by atoms with Crippen molar-refractivity contribution in [3.05, 3.63) is 60.2 Å². The smallest absolute Gasteiger partial charge is 0.243 e. The number of nitrogens with two attached hydrogens (primary N) is 1. The molecule has 3 amide bonds. The number of sulfonamides is 1. The van der Waals surface area contributed by atoms with Crippen molar-refractivity contribution in [3.63, 3.8) is 0 Å². The first-order valence-corrected chi connectivity index (χ1v) is 16.3. The second-order valence-corrected chi connectivity index (χ2v) is 14.8. The minimum Gasteiger partial charge on any atom is -0.399 e. The van der Waals surface area contributed by atoms with E-state index in [0.29, 0.717) is 5.69 Å². The molecule has 2 aromatic carbocycles. The summed E-state index contributed by atoms with van der Waals surface area (Å²) in [4.78, 5) is 38.4. The molecule has 0 unspecified atom stereocenters. The molecule has 2 aromatic rings. The Morgan fingerprint density at radius 3 is 1.98 bits per heavy atom. The summed E-state index contributed by atoms with van der Waals surface area (Å²) < 4.78 is 28.5. The van der Waals surface area contributed by atoms with Gasteiger partial charge in [-0.05, 0) is 47.6 Å². The Hall–Kier alpha value is -3.19. The number of hydrogen-bond acceptors (Lipinski definition) is 7. The minimum absolute atomic E-state index is 0. The molecule has 13 heteroatoms. The van der Waals surface area contributed by atoms with Gasteiger partial charge in [-0.15, -0.1) is 12.4 Å². The van der Waals surface area contributed by atoms with Crippen LogP contribution in [0.5, 0.6) is 0 Å². The van der Waals surface area contributed by atoms with Crippen molar-refractivity contribution >= 4 is 45.8 Å². The van der Waals surface area contributed by atoms with Crippen LogP contribution in [-0.4, -0.2) is 73.4 Å². The largest absolute Gasteiger partial charge is 0.399 e. The van der Waals surface area contributed by atoms with Crippen molar-refractivity contribution in [3.8, 4) is 0 Å². The molecule has 0 aliphatic carbocycles. The van der Waals surface area contributed by atoms with Gasteiger partial charge in [-0.1, -0.05) is 78.8 Å². The molecule has 45 heavy (non-hydrogen) atoms. The van der Waals surface area contributed by atoms with Crippen LogP contribution in [0.4, 0.5) is 5.69 Å². The molecule has 0 saturated carbocycles. The Kier molecular flexibility index (Phi) is 15.5. The van der Waals surface area contributed by atoms with E-state index in [1.54, 1.807) is 34.6 Å². The average molecular weight is 668 g/mol. The van der Waals surface area contributed by atoms with Gasteiger partial charge in [-0.2, -0.15) is 4.31 Å². The lowest BCUT2D eigenvalue weighted by Gasteiger charge is -2.34. The van der Waals surface area contributed by atoms with E-state index < -0.39 is 45.4 Å². The van der Waals surface area contributed by atoms with Gasteiger partial charge in [-0.25, -0.2) is 8.42 Å². The summed E-state index contributed by atoms with van der Waals surface area (Å²) in [7, 11) is -4.00. The quantitative estimate of drug-likeness (QED) is 0.182. The zero-order valence-electron chi connectivity index (χ0n) is 27.2. The second kappa shape index (κ2) is 17.5. The summed E-state index contributed by atoms with van der Waals surface area (Å²) in [6.45, 7) is 12.1. The van der Waals surface area contributed by atoms with Crippen molar-refractivity contribution in [1.29, 1.82) is 0 Å². The number of rotatable bonds is 15. The lowest BCUT2D eigenvalue weighted by atomic mass is 9.85. The number of aliphatic hydroxyl groups excluding tert-OH is 1. The maximum absolute atomic E-state index is 13.7. The molecule has 6 N–H and O–H groups in total. The molecule has 0 saturated heterocycles. The van der Waals surface area contributed by atoms with Crippen LogP contribution in [0.15, 0.2) is 59.5 Å². The molecule has 0 heterocycles. The standard InChI is InChI=1S/C32H49N5O6S.ClH/c1-21(2)19-37(44(42,43)25-15-13-24(33)14-16-25)20-27(38)26(17-23-11-9-8-10-12-23)35-31(41)29(32(5,6)7)36-28(39)18-34-30(40)22(3)4;/h8-16,21-22,26-27,29,38H,17-20,33H2,1-7H3,(H,34,40)(H,35,41)(H,36,39);1H/t26-,27+,29+;/m0./s1. The highest BCUT2D eigenvalue weighted by atomic mass is 35.5. The van der Waals surface area contributed by atoms with Gasteiger partial charge in [0.05, 0.1) is 23.6 Å². The van der Waals surface area contributed by atoms with Gasteiger partial charge in [0.25, 0.3) is 0 Å². The molecule has 0 bridgehead atoms. The first-order chi connectivity index (χ1) is 20.4. The van der Waals surface area contributed by atoms with Gasteiger partial charge in [0.2, 0.25) is 27.7 Å². The third kappa shape index (κ3) is 12.6. The maximum atomic E-state index is 13.7.